The van der Waals surface area contributed by atoms with E-state index in [2.05, 4.69) is 47.2 Å². The van der Waals surface area contributed by atoms with Crippen molar-refractivity contribution in [2.45, 2.75) is 13.0 Å². The molecule has 0 fully saturated rings. The van der Waals surface area contributed by atoms with Gasteiger partial charge in [-0.05, 0) is 19.1 Å². The summed E-state index contributed by atoms with van der Waals surface area (Å²) in [4.78, 5) is 8.01. The molecular weight excluding hydrogens is 204 g/mol. The summed E-state index contributed by atoms with van der Waals surface area (Å²) in [7, 11) is 0. The van der Waals surface area contributed by atoms with Gasteiger partial charge in [0.2, 0.25) is 0 Å². The molecule has 0 saturated heterocycles. The van der Waals surface area contributed by atoms with Crippen LogP contribution in [0.3, 0.4) is 0 Å². The zero-order valence-electron chi connectivity index (χ0n) is 8.53. The predicted octanol–water partition coefficient (Wildman–Crippen LogP) is 3.05. The van der Waals surface area contributed by atoms with Gasteiger partial charge in [-0.2, -0.15) is 0 Å². The summed E-state index contributed by atoms with van der Waals surface area (Å²) in [6.07, 6.45) is 0. The van der Waals surface area contributed by atoms with Gasteiger partial charge in [0.1, 0.15) is 5.04 Å². The largest absolute Gasteiger partial charge is 0.353 e. The summed E-state index contributed by atoms with van der Waals surface area (Å²) < 4.78 is 0. The summed E-state index contributed by atoms with van der Waals surface area (Å²) in [6, 6.07) is 11.0. The number of hydrogen-bond acceptors (Lipinski definition) is 2. The number of rotatable bonds is 1. The van der Waals surface area contributed by atoms with Crippen LogP contribution in [0.1, 0.15) is 12.6 Å². The van der Waals surface area contributed by atoms with Crippen LogP contribution in [-0.2, 0) is 0 Å². The Kier molecular flexibility index (Phi) is 2.06. The van der Waals surface area contributed by atoms with Crippen LogP contribution in [0.15, 0.2) is 35.3 Å². The first kappa shape index (κ1) is 9.04. The van der Waals surface area contributed by atoms with Crippen molar-refractivity contribution < 1.29 is 0 Å². The first-order chi connectivity index (χ1) is 7.33. The van der Waals surface area contributed by atoms with Gasteiger partial charge < -0.3 is 4.98 Å². The fourth-order valence-corrected chi connectivity index (χ4v) is 2.80. The van der Waals surface area contributed by atoms with Crippen LogP contribution in [0.2, 0.25) is 0 Å². The number of benzene rings is 1. The molecule has 3 heteroatoms. The van der Waals surface area contributed by atoms with Crippen molar-refractivity contribution in [3.05, 3.63) is 36.0 Å². The molecule has 3 rings (SSSR count). The van der Waals surface area contributed by atoms with Crippen LogP contribution >= 0.6 is 11.8 Å². The molecule has 1 aromatic heterocycles. The maximum absolute atomic E-state index is 4.60. The molecule has 1 unspecified atom stereocenters. The quantitative estimate of drug-likeness (QED) is 0.779. The number of aromatic amines is 1. The van der Waals surface area contributed by atoms with Gasteiger partial charge in [-0.15, -0.1) is 11.8 Å². The number of aliphatic imine (C=N–C) groups is 1. The van der Waals surface area contributed by atoms with Crippen LogP contribution in [0, 0.1) is 0 Å². The molecule has 1 N–H and O–H groups in total. The summed E-state index contributed by atoms with van der Waals surface area (Å²) in [5.41, 5.74) is 2.35. The Morgan fingerprint density at radius 1 is 1.40 bits per heavy atom. The summed E-state index contributed by atoms with van der Waals surface area (Å²) in [6.45, 7) is 2.16. The highest BCUT2D eigenvalue weighted by atomic mass is 32.2. The number of H-pyrrole nitrogens is 1. The van der Waals surface area contributed by atoms with Crippen molar-refractivity contribution in [3.63, 3.8) is 0 Å². The fourth-order valence-electron chi connectivity index (χ4n) is 1.81. The molecule has 0 aliphatic carbocycles. The second-order valence-electron chi connectivity index (χ2n) is 3.86. The average Bonchev–Trinajstić information content (AvgIpc) is 2.82. The van der Waals surface area contributed by atoms with E-state index in [1.54, 1.807) is 0 Å². The zero-order valence-corrected chi connectivity index (χ0v) is 9.34. The normalized spacial score (nSPS) is 20.9. The average molecular weight is 216 g/mol. The van der Waals surface area contributed by atoms with Crippen LogP contribution in [0.25, 0.3) is 10.9 Å². The lowest BCUT2D eigenvalue weighted by Crippen LogP contribution is -1.93. The minimum atomic E-state index is 0.455. The third-order valence-corrected chi connectivity index (χ3v) is 3.81. The third kappa shape index (κ3) is 1.57. The molecule has 2 aromatic rings. The van der Waals surface area contributed by atoms with E-state index in [-0.39, 0.29) is 0 Å². The van der Waals surface area contributed by atoms with Crippen molar-refractivity contribution in [3.8, 4) is 0 Å². The van der Waals surface area contributed by atoms with Crippen molar-refractivity contribution in [1.82, 2.24) is 4.98 Å². The van der Waals surface area contributed by atoms with Gasteiger partial charge in [0, 0.05) is 16.7 Å². The highest BCUT2D eigenvalue weighted by Crippen LogP contribution is 2.25. The second-order valence-corrected chi connectivity index (χ2v) is 4.87. The molecule has 2 heterocycles. The minimum absolute atomic E-state index is 0.455. The summed E-state index contributed by atoms with van der Waals surface area (Å²) >= 11 is 1.84. The molecule has 2 nitrogen and oxygen atoms in total. The Morgan fingerprint density at radius 2 is 2.27 bits per heavy atom. The van der Waals surface area contributed by atoms with E-state index >= 15 is 0 Å². The van der Waals surface area contributed by atoms with Crippen LogP contribution < -0.4 is 0 Å². The molecule has 0 amide bonds. The molecule has 0 bridgehead atoms. The molecule has 0 spiro atoms. The van der Waals surface area contributed by atoms with Gasteiger partial charge in [-0.3, -0.25) is 4.99 Å². The number of thioether (sulfide) groups is 1. The van der Waals surface area contributed by atoms with Crippen molar-refractivity contribution in [2.24, 2.45) is 4.99 Å². The van der Waals surface area contributed by atoms with Gasteiger partial charge >= 0.3 is 0 Å². The first-order valence-corrected chi connectivity index (χ1v) is 6.10. The molecule has 76 valence electrons. The molecule has 1 aliphatic rings. The molecule has 0 saturated carbocycles. The Hall–Kier alpha value is -1.22. The van der Waals surface area contributed by atoms with Crippen molar-refractivity contribution >= 4 is 27.7 Å². The fraction of sp³-hybridized carbons (Fsp3) is 0.250. The lowest BCUT2D eigenvalue weighted by atomic mass is 10.2. The smallest absolute Gasteiger partial charge is 0.114 e. The van der Waals surface area contributed by atoms with E-state index in [1.807, 2.05) is 11.8 Å². The topological polar surface area (TPSA) is 28.1 Å². The number of aromatic nitrogens is 1. The lowest BCUT2D eigenvalue weighted by molar-refractivity contribution is 0.865. The van der Waals surface area contributed by atoms with Gasteiger partial charge in [0.15, 0.2) is 0 Å². The SMILES string of the molecule is CC1CSC(c2cc3ccccc3[nH]2)=N1. The summed E-state index contributed by atoms with van der Waals surface area (Å²) in [5, 5.41) is 2.41. The van der Waals surface area contributed by atoms with E-state index in [4.69, 9.17) is 0 Å². The first-order valence-electron chi connectivity index (χ1n) is 5.11. The van der Waals surface area contributed by atoms with Crippen molar-refractivity contribution in [2.75, 3.05) is 5.75 Å². The molecule has 0 radical (unpaired) electrons. The van der Waals surface area contributed by atoms with E-state index in [1.165, 1.54) is 10.9 Å². The van der Waals surface area contributed by atoms with E-state index in [0.717, 1.165) is 16.5 Å². The number of para-hydroxylation sites is 1. The number of hydrogen-bond donors (Lipinski definition) is 1. The highest BCUT2D eigenvalue weighted by Gasteiger charge is 2.16. The van der Waals surface area contributed by atoms with Gasteiger partial charge in [0.05, 0.1) is 11.7 Å². The Bertz CT molecular complexity index is 494. The Morgan fingerprint density at radius 3 is 3.00 bits per heavy atom. The molecule has 1 aliphatic heterocycles. The molecule has 1 atom stereocenters. The maximum atomic E-state index is 4.60. The Balaban J connectivity index is 2.09. The zero-order chi connectivity index (χ0) is 10.3. The summed E-state index contributed by atoms with van der Waals surface area (Å²) in [5.74, 6) is 1.10. The maximum Gasteiger partial charge on any atom is 0.114 e. The third-order valence-electron chi connectivity index (χ3n) is 2.56. The number of nitrogens with one attached hydrogen (secondary N) is 1. The minimum Gasteiger partial charge on any atom is -0.353 e. The second kappa shape index (κ2) is 3.42. The monoisotopic (exact) mass is 216 g/mol. The highest BCUT2D eigenvalue weighted by molar-refractivity contribution is 8.14. The van der Waals surface area contributed by atoms with E-state index < -0.39 is 0 Å². The van der Waals surface area contributed by atoms with Gasteiger partial charge in [0.25, 0.3) is 0 Å². The van der Waals surface area contributed by atoms with Gasteiger partial charge in [-0.25, -0.2) is 0 Å². The Labute approximate surface area is 92.8 Å². The van der Waals surface area contributed by atoms with Gasteiger partial charge in [-0.1, -0.05) is 18.2 Å². The number of fused-ring (bicyclic) bond motifs is 1. The predicted molar refractivity (Wildman–Crippen MR) is 66.8 cm³/mol. The molecular formula is C12H12N2S. The van der Waals surface area contributed by atoms with Crippen molar-refractivity contribution in [1.29, 1.82) is 0 Å². The van der Waals surface area contributed by atoms with E-state index in [0.29, 0.717) is 6.04 Å². The van der Waals surface area contributed by atoms with Crippen LogP contribution in [0.4, 0.5) is 0 Å². The molecule has 15 heavy (non-hydrogen) atoms. The molecule has 1 aromatic carbocycles. The van der Waals surface area contributed by atoms with Crippen LogP contribution in [-0.4, -0.2) is 21.8 Å². The van der Waals surface area contributed by atoms with E-state index in [9.17, 15) is 0 Å². The standard InChI is InChI=1S/C12H12N2S/c1-8-7-15-12(13-8)11-6-9-4-2-3-5-10(9)14-11/h2-6,8,14H,7H2,1H3. The lowest BCUT2D eigenvalue weighted by Gasteiger charge is -1.92. The number of nitrogens with zero attached hydrogens (tertiary/aromatic N) is 1. The van der Waals surface area contributed by atoms with Crippen LogP contribution in [0.5, 0.6) is 0 Å².